The lowest BCUT2D eigenvalue weighted by molar-refractivity contribution is 0.102. The number of aromatic nitrogens is 4. The first-order chi connectivity index (χ1) is 14.4. The topological polar surface area (TPSA) is 72.2 Å². The fourth-order valence-electron chi connectivity index (χ4n) is 3.00. The van der Waals surface area contributed by atoms with Gasteiger partial charge in [-0.3, -0.25) is 4.79 Å². The maximum Gasteiger partial charge on any atom is 0.256 e. The molecule has 9 heteroatoms. The molecule has 30 heavy (non-hydrogen) atoms. The fraction of sp³-hybridized carbons (Fsp3) is 0.143. The number of amides is 1. The number of nitrogens with one attached hydrogen (secondary N) is 1. The molecule has 0 bridgehead atoms. The van der Waals surface area contributed by atoms with Gasteiger partial charge in [-0.15, -0.1) is 5.10 Å². The minimum Gasteiger partial charge on any atom is -0.319 e. The molecular weight excluding hydrogens is 408 g/mol. The Morgan fingerprint density at radius 3 is 2.73 bits per heavy atom. The number of carbonyl (C=O) groups excluding carboxylic acids is 1. The van der Waals surface area contributed by atoms with Crippen LogP contribution in [-0.2, 0) is 5.75 Å². The molecule has 0 aliphatic rings. The van der Waals surface area contributed by atoms with E-state index in [0.717, 1.165) is 35.2 Å². The second kappa shape index (κ2) is 8.19. The lowest BCUT2D eigenvalue weighted by Gasteiger charge is -2.10. The van der Waals surface area contributed by atoms with Gasteiger partial charge in [-0.2, -0.15) is 4.98 Å². The van der Waals surface area contributed by atoms with Crippen molar-refractivity contribution in [2.24, 2.45) is 0 Å². The average molecular weight is 425 g/mol. The molecule has 0 aliphatic carbocycles. The summed E-state index contributed by atoms with van der Waals surface area (Å²) in [6.45, 7) is 3.82. The van der Waals surface area contributed by atoms with Crippen LogP contribution in [0.5, 0.6) is 0 Å². The number of carbonyl (C=O) groups is 1. The minimum absolute atomic E-state index is 0.207. The van der Waals surface area contributed by atoms with Crippen molar-refractivity contribution in [1.82, 2.24) is 19.6 Å². The number of benzene rings is 2. The van der Waals surface area contributed by atoms with E-state index < -0.39 is 17.5 Å². The zero-order chi connectivity index (χ0) is 21.3. The van der Waals surface area contributed by atoms with Crippen molar-refractivity contribution in [2.75, 3.05) is 5.32 Å². The second-order valence-corrected chi connectivity index (χ2v) is 7.61. The van der Waals surface area contributed by atoms with Gasteiger partial charge in [0.15, 0.2) is 0 Å². The molecule has 0 atom stereocenters. The van der Waals surface area contributed by atoms with E-state index in [2.05, 4.69) is 20.4 Å². The maximum atomic E-state index is 13.9. The number of anilines is 1. The molecule has 0 radical (unpaired) electrons. The number of thioether (sulfide) groups is 1. The van der Waals surface area contributed by atoms with Crippen LogP contribution < -0.4 is 5.32 Å². The molecule has 152 valence electrons. The number of rotatable bonds is 5. The molecule has 0 spiro atoms. The van der Waals surface area contributed by atoms with Crippen LogP contribution in [0.1, 0.15) is 27.3 Å². The smallest absolute Gasteiger partial charge is 0.256 e. The van der Waals surface area contributed by atoms with Gasteiger partial charge in [0.1, 0.15) is 11.6 Å². The molecule has 1 amide bonds. The summed E-state index contributed by atoms with van der Waals surface area (Å²) in [6.07, 6.45) is 0. The SMILES string of the molecule is Cc1cc(C)n2nc(SCc3ccccc3C(=O)Nc3cc(F)ccc3F)nc2n1. The van der Waals surface area contributed by atoms with Gasteiger partial charge in [-0.05, 0) is 43.7 Å². The number of fused-ring (bicyclic) bond motifs is 1. The number of aryl methyl sites for hydroxylation is 2. The minimum atomic E-state index is -0.705. The van der Waals surface area contributed by atoms with Crippen molar-refractivity contribution < 1.29 is 13.6 Å². The van der Waals surface area contributed by atoms with Gasteiger partial charge in [0.05, 0.1) is 5.69 Å². The standard InChI is InChI=1S/C21H17F2N5OS/c1-12-9-13(2)28-20(24-12)26-21(27-28)30-11-14-5-3-4-6-16(14)19(29)25-18-10-15(22)7-8-17(18)23/h3-10H,11H2,1-2H3,(H,25,29). The Bertz CT molecular complexity index is 1260. The Morgan fingerprint density at radius 1 is 1.10 bits per heavy atom. The van der Waals surface area contributed by atoms with E-state index >= 15 is 0 Å². The van der Waals surface area contributed by atoms with Gasteiger partial charge < -0.3 is 5.32 Å². The predicted octanol–water partition coefficient (Wildman–Crippen LogP) is 4.56. The third-order valence-electron chi connectivity index (χ3n) is 4.39. The van der Waals surface area contributed by atoms with Gasteiger partial charge in [0, 0.05) is 28.8 Å². The summed E-state index contributed by atoms with van der Waals surface area (Å²) in [5.74, 6) is -0.921. The van der Waals surface area contributed by atoms with E-state index in [0.29, 0.717) is 22.3 Å². The summed E-state index contributed by atoms with van der Waals surface area (Å²) in [5.41, 5.74) is 2.66. The zero-order valence-electron chi connectivity index (χ0n) is 16.2. The quantitative estimate of drug-likeness (QED) is 0.475. The van der Waals surface area contributed by atoms with E-state index in [1.807, 2.05) is 26.0 Å². The molecule has 0 saturated carbocycles. The maximum absolute atomic E-state index is 13.9. The van der Waals surface area contributed by atoms with E-state index in [1.54, 1.807) is 22.7 Å². The molecule has 0 unspecified atom stereocenters. The number of hydrogen-bond donors (Lipinski definition) is 1. The Hall–Kier alpha value is -3.33. The first kappa shape index (κ1) is 20.0. The Balaban J connectivity index is 1.54. The Labute approximate surface area is 175 Å². The molecule has 2 aromatic carbocycles. The van der Waals surface area contributed by atoms with E-state index in [9.17, 15) is 13.6 Å². The number of hydrogen-bond acceptors (Lipinski definition) is 5. The van der Waals surface area contributed by atoms with Crippen molar-refractivity contribution in [3.05, 3.63) is 82.7 Å². The van der Waals surface area contributed by atoms with E-state index in [4.69, 9.17) is 0 Å². The highest BCUT2D eigenvalue weighted by atomic mass is 32.2. The fourth-order valence-corrected chi connectivity index (χ4v) is 3.82. The molecule has 4 rings (SSSR count). The van der Waals surface area contributed by atoms with Gasteiger partial charge >= 0.3 is 0 Å². The van der Waals surface area contributed by atoms with Crippen LogP contribution in [0.25, 0.3) is 5.78 Å². The Kier molecular flexibility index (Phi) is 5.45. The summed E-state index contributed by atoms with van der Waals surface area (Å²) < 4.78 is 28.9. The summed E-state index contributed by atoms with van der Waals surface area (Å²) in [4.78, 5) is 21.5. The lowest BCUT2D eigenvalue weighted by Crippen LogP contribution is -2.15. The predicted molar refractivity (Wildman–Crippen MR) is 111 cm³/mol. The normalized spacial score (nSPS) is 11.1. The molecule has 2 aromatic heterocycles. The van der Waals surface area contributed by atoms with E-state index in [1.165, 1.54) is 11.8 Å². The third-order valence-corrected chi connectivity index (χ3v) is 5.28. The highest BCUT2D eigenvalue weighted by Gasteiger charge is 2.15. The van der Waals surface area contributed by atoms with Crippen LogP contribution in [-0.4, -0.2) is 25.5 Å². The largest absolute Gasteiger partial charge is 0.319 e. The second-order valence-electron chi connectivity index (χ2n) is 6.67. The van der Waals surface area contributed by atoms with Crippen LogP contribution in [0, 0.1) is 25.5 Å². The summed E-state index contributed by atoms with van der Waals surface area (Å²) in [5, 5.41) is 7.41. The number of nitrogens with zero attached hydrogens (tertiary/aromatic N) is 4. The molecule has 6 nitrogen and oxygen atoms in total. The Morgan fingerprint density at radius 2 is 1.90 bits per heavy atom. The molecular formula is C21H17F2N5OS. The lowest BCUT2D eigenvalue weighted by atomic mass is 10.1. The first-order valence-electron chi connectivity index (χ1n) is 9.09. The van der Waals surface area contributed by atoms with E-state index in [-0.39, 0.29) is 5.69 Å². The highest BCUT2D eigenvalue weighted by molar-refractivity contribution is 7.98. The van der Waals surface area contributed by atoms with Gasteiger partial charge in [-0.1, -0.05) is 30.0 Å². The van der Waals surface area contributed by atoms with Crippen LogP contribution >= 0.6 is 11.8 Å². The van der Waals surface area contributed by atoms with Crippen LogP contribution in [0.4, 0.5) is 14.5 Å². The van der Waals surface area contributed by atoms with Crippen LogP contribution in [0.3, 0.4) is 0 Å². The summed E-state index contributed by atoms with van der Waals surface area (Å²) >= 11 is 1.36. The third kappa shape index (κ3) is 4.16. The van der Waals surface area contributed by atoms with Crippen molar-refractivity contribution in [3.8, 4) is 0 Å². The molecule has 0 fully saturated rings. The molecule has 0 saturated heterocycles. The summed E-state index contributed by atoms with van der Waals surface area (Å²) in [6, 6.07) is 11.8. The highest BCUT2D eigenvalue weighted by Crippen LogP contribution is 2.24. The van der Waals surface area contributed by atoms with Crippen molar-refractivity contribution in [3.63, 3.8) is 0 Å². The van der Waals surface area contributed by atoms with Crippen LogP contribution in [0.2, 0.25) is 0 Å². The van der Waals surface area contributed by atoms with Crippen LogP contribution in [0.15, 0.2) is 53.7 Å². The molecule has 2 heterocycles. The number of halogens is 2. The first-order valence-corrected chi connectivity index (χ1v) is 10.1. The summed E-state index contributed by atoms with van der Waals surface area (Å²) in [7, 11) is 0. The monoisotopic (exact) mass is 425 g/mol. The average Bonchev–Trinajstić information content (AvgIpc) is 3.12. The van der Waals surface area contributed by atoms with Crippen molar-refractivity contribution in [1.29, 1.82) is 0 Å². The molecule has 4 aromatic rings. The van der Waals surface area contributed by atoms with Gasteiger partial charge in [0.25, 0.3) is 11.7 Å². The molecule has 1 N–H and O–H groups in total. The molecule has 0 aliphatic heterocycles. The van der Waals surface area contributed by atoms with Gasteiger partial charge in [-0.25, -0.2) is 18.3 Å². The van der Waals surface area contributed by atoms with Crippen molar-refractivity contribution >= 4 is 29.1 Å². The zero-order valence-corrected chi connectivity index (χ0v) is 17.0. The van der Waals surface area contributed by atoms with Gasteiger partial charge in [0.2, 0.25) is 5.16 Å². The van der Waals surface area contributed by atoms with Crippen molar-refractivity contribution in [2.45, 2.75) is 24.8 Å².